The summed E-state index contributed by atoms with van der Waals surface area (Å²) in [4.78, 5) is 12.4. The van der Waals surface area contributed by atoms with Gasteiger partial charge in [0.05, 0.1) is 16.9 Å². The number of nitrogens with one attached hydrogen (secondary N) is 1. The third kappa shape index (κ3) is 4.07. The van der Waals surface area contributed by atoms with Crippen LogP contribution >= 0.6 is 15.9 Å². The smallest absolute Gasteiger partial charge is 0.230 e. The lowest BCUT2D eigenvalue weighted by molar-refractivity contribution is -0.125. The molecule has 1 fully saturated rings. The van der Waals surface area contributed by atoms with Crippen LogP contribution in [0.5, 0.6) is 0 Å². The lowest BCUT2D eigenvalue weighted by atomic mass is 9.83. The molecule has 21 heavy (non-hydrogen) atoms. The molecule has 1 atom stereocenters. The fourth-order valence-corrected chi connectivity index (χ4v) is 4.61. The van der Waals surface area contributed by atoms with E-state index < -0.39 is 15.3 Å². The van der Waals surface area contributed by atoms with E-state index in [1.807, 2.05) is 38.1 Å². The van der Waals surface area contributed by atoms with Crippen molar-refractivity contribution in [3.8, 4) is 0 Å². The SMILES string of the molecule is CC(C)(C(=O)NCC1CCS(=O)(=O)C1)c1ccc(Br)cc1. The number of hydrogen-bond donors (Lipinski definition) is 1. The maximum absolute atomic E-state index is 12.4. The number of rotatable bonds is 4. The van der Waals surface area contributed by atoms with Crippen LogP contribution in [0.2, 0.25) is 0 Å². The van der Waals surface area contributed by atoms with Gasteiger partial charge < -0.3 is 5.32 Å². The van der Waals surface area contributed by atoms with Crippen LogP contribution in [0.4, 0.5) is 0 Å². The molecule has 0 radical (unpaired) electrons. The van der Waals surface area contributed by atoms with Gasteiger partial charge in [0.1, 0.15) is 0 Å². The largest absolute Gasteiger partial charge is 0.355 e. The van der Waals surface area contributed by atoms with E-state index in [1.54, 1.807) is 0 Å². The molecule has 1 aromatic rings. The van der Waals surface area contributed by atoms with Gasteiger partial charge in [0.2, 0.25) is 5.91 Å². The van der Waals surface area contributed by atoms with Gasteiger partial charge in [-0.2, -0.15) is 0 Å². The molecule has 1 aromatic carbocycles. The Morgan fingerprint density at radius 1 is 1.33 bits per heavy atom. The highest BCUT2D eigenvalue weighted by atomic mass is 79.9. The summed E-state index contributed by atoms with van der Waals surface area (Å²) in [6, 6.07) is 7.66. The zero-order valence-corrected chi connectivity index (χ0v) is 14.6. The molecular formula is C15H20BrNO3S. The molecule has 6 heteroatoms. The van der Waals surface area contributed by atoms with Crippen LogP contribution in [0.1, 0.15) is 25.8 Å². The molecule has 1 aliphatic rings. The topological polar surface area (TPSA) is 63.2 Å². The van der Waals surface area contributed by atoms with Crippen LogP contribution in [0.15, 0.2) is 28.7 Å². The van der Waals surface area contributed by atoms with Crippen LogP contribution < -0.4 is 5.32 Å². The normalized spacial score (nSPS) is 21.2. The summed E-state index contributed by atoms with van der Waals surface area (Å²) in [6.45, 7) is 4.17. The first-order chi connectivity index (χ1) is 9.71. The van der Waals surface area contributed by atoms with E-state index in [-0.39, 0.29) is 23.3 Å². The van der Waals surface area contributed by atoms with Gasteiger partial charge in [-0.15, -0.1) is 0 Å². The van der Waals surface area contributed by atoms with E-state index >= 15 is 0 Å². The summed E-state index contributed by atoms with van der Waals surface area (Å²) in [5, 5.41) is 2.90. The molecule has 1 unspecified atom stereocenters. The third-order valence-electron chi connectivity index (χ3n) is 4.01. The van der Waals surface area contributed by atoms with Crippen molar-refractivity contribution < 1.29 is 13.2 Å². The van der Waals surface area contributed by atoms with Gasteiger partial charge in [-0.3, -0.25) is 4.79 Å². The van der Waals surface area contributed by atoms with Crippen molar-refractivity contribution >= 4 is 31.7 Å². The number of carbonyl (C=O) groups excluding carboxylic acids is 1. The van der Waals surface area contributed by atoms with Crippen molar-refractivity contribution in [2.45, 2.75) is 25.7 Å². The first-order valence-electron chi connectivity index (χ1n) is 6.95. The molecule has 2 rings (SSSR count). The van der Waals surface area contributed by atoms with Gasteiger partial charge >= 0.3 is 0 Å². The Balaban J connectivity index is 1.97. The molecule has 1 N–H and O–H groups in total. The Labute approximate surface area is 134 Å². The van der Waals surface area contributed by atoms with Crippen molar-refractivity contribution in [3.63, 3.8) is 0 Å². The molecular weight excluding hydrogens is 354 g/mol. The molecule has 116 valence electrons. The van der Waals surface area contributed by atoms with Crippen LogP contribution in [0.25, 0.3) is 0 Å². The first kappa shape index (κ1) is 16.5. The third-order valence-corrected chi connectivity index (χ3v) is 6.38. The number of halogens is 1. The number of amides is 1. The predicted octanol–water partition coefficient (Wildman–Crippen LogP) is 2.28. The van der Waals surface area contributed by atoms with E-state index in [1.165, 1.54) is 0 Å². The van der Waals surface area contributed by atoms with Gasteiger partial charge in [-0.1, -0.05) is 28.1 Å². The quantitative estimate of drug-likeness (QED) is 0.880. The lowest BCUT2D eigenvalue weighted by Crippen LogP contribution is -2.42. The van der Waals surface area contributed by atoms with E-state index in [4.69, 9.17) is 0 Å². The minimum Gasteiger partial charge on any atom is -0.355 e. The Morgan fingerprint density at radius 2 is 1.95 bits per heavy atom. The summed E-state index contributed by atoms with van der Waals surface area (Å²) >= 11 is 3.38. The maximum Gasteiger partial charge on any atom is 0.230 e. The summed E-state index contributed by atoms with van der Waals surface area (Å²) in [6.07, 6.45) is 0.640. The van der Waals surface area contributed by atoms with Crippen LogP contribution in [0.3, 0.4) is 0 Å². The molecule has 0 saturated carbocycles. The lowest BCUT2D eigenvalue weighted by Gasteiger charge is -2.25. The molecule has 1 saturated heterocycles. The second kappa shape index (κ2) is 6.08. The van der Waals surface area contributed by atoms with Gasteiger partial charge in [0.25, 0.3) is 0 Å². The van der Waals surface area contributed by atoms with E-state index in [0.29, 0.717) is 13.0 Å². The molecule has 4 nitrogen and oxygen atoms in total. The molecule has 0 bridgehead atoms. The monoisotopic (exact) mass is 373 g/mol. The second-order valence-electron chi connectivity index (χ2n) is 6.11. The van der Waals surface area contributed by atoms with Gasteiger partial charge in [0.15, 0.2) is 9.84 Å². The van der Waals surface area contributed by atoms with Gasteiger partial charge in [-0.05, 0) is 43.9 Å². The van der Waals surface area contributed by atoms with E-state index in [2.05, 4.69) is 21.2 Å². The highest BCUT2D eigenvalue weighted by Crippen LogP contribution is 2.25. The minimum atomic E-state index is -2.89. The Bertz CT molecular complexity index is 623. The Morgan fingerprint density at radius 3 is 2.48 bits per heavy atom. The summed E-state index contributed by atoms with van der Waals surface area (Å²) in [5.74, 6) is 0.393. The number of benzene rings is 1. The van der Waals surface area contributed by atoms with Crippen LogP contribution in [-0.4, -0.2) is 32.4 Å². The summed E-state index contributed by atoms with van der Waals surface area (Å²) in [7, 11) is -2.89. The van der Waals surface area contributed by atoms with Gasteiger partial charge in [-0.25, -0.2) is 8.42 Å². The van der Waals surface area contributed by atoms with E-state index in [0.717, 1.165) is 10.0 Å². The van der Waals surface area contributed by atoms with Crippen molar-refractivity contribution in [3.05, 3.63) is 34.3 Å². The Kier molecular flexibility index (Phi) is 4.78. The van der Waals surface area contributed by atoms with Crippen LogP contribution in [-0.2, 0) is 20.0 Å². The molecule has 1 heterocycles. The zero-order valence-electron chi connectivity index (χ0n) is 12.2. The summed E-state index contributed by atoms with van der Waals surface area (Å²) in [5.41, 5.74) is 0.292. The predicted molar refractivity (Wildman–Crippen MR) is 86.9 cm³/mol. The average Bonchev–Trinajstić information content (AvgIpc) is 2.76. The molecule has 0 aromatic heterocycles. The number of hydrogen-bond acceptors (Lipinski definition) is 3. The maximum atomic E-state index is 12.4. The van der Waals surface area contributed by atoms with Crippen molar-refractivity contribution in [1.29, 1.82) is 0 Å². The number of sulfone groups is 1. The van der Waals surface area contributed by atoms with Crippen LogP contribution in [0, 0.1) is 5.92 Å². The van der Waals surface area contributed by atoms with Crippen molar-refractivity contribution in [2.75, 3.05) is 18.1 Å². The minimum absolute atomic E-state index is 0.0414. The average molecular weight is 374 g/mol. The van der Waals surface area contributed by atoms with Gasteiger partial charge in [0, 0.05) is 11.0 Å². The second-order valence-corrected chi connectivity index (χ2v) is 9.26. The highest BCUT2D eigenvalue weighted by Gasteiger charge is 2.32. The fraction of sp³-hybridized carbons (Fsp3) is 0.533. The van der Waals surface area contributed by atoms with Crippen molar-refractivity contribution in [1.82, 2.24) is 5.32 Å². The fourth-order valence-electron chi connectivity index (χ4n) is 2.49. The first-order valence-corrected chi connectivity index (χ1v) is 9.57. The molecule has 0 spiro atoms. The molecule has 1 amide bonds. The van der Waals surface area contributed by atoms with E-state index in [9.17, 15) is 13.2 Å². The standard InChI is InChI=1S/C15H20BrNO3S/c1-15(2,12-3-5-13(16)6-4-12)14(18)17-9-11-7-8-21(19,20)10-11/h3-6,11H,7-10H2,1-2H3,(H,17,18). The Hall–Kier alpha value is -0.880. The molecule has 1 aliphatic heterocycles. The zero-order chi connectivity index (χ0) is 15.7. The highest BCUT2D eigenvalue weighted by molar-refractivity contribution is 9.10. The van der Waals surface area contributed by atoms with Crippen molar-refractivity contribution in [2.24, 2.45) is 5.92 Å². The number of carbonyl (C=O) groups is 1. The molecule has 0 aliphatic carbocycles. The summed E-state index contributed by atoms with van der Waals surface area (Å²) < 4.78 is 23.8.